The van der Waals surface area contributed by atoms with E-state index in [0.717, 1.165) is 4.90 Å². The Morgan fingerprint density at radius 2 is 2.40 bits per heavy atom. The third-order valence-electron chi connectivity index (χ3n) is 1.65. The van der Waals surface area contributed by atoms with Gasteiger partial charge in [-0.3, -0.25) is 4.79 Å². The van der Waals surface area contributed by atoms with E-state index in [1.165, 1.54) is 22.2 Å². The Bertz CT molecular complexity index is 308. The van der Waals surface area contributed by atoms with E-state index < -0.39 is 18.9 Å². The largest absolute Gasteiger partial charge is 0.330 e. The number of nitrogens with zero attached hydrogens (tertiary/aromatic N) is 2. The molecule has 0 aliphatic carbocycles. The molecule has 0 saturated carbocycles. The molecular weight excluding hydrogens is 246 g/mol. The Hall–Kier alpha value is -0.750. The third kappa shape index (κ3) is 3.71. The van der Waals surface area contributed by atoms with Gasteiger partial charge in [0, 0.05) is 17.8 Å². The van der Waals surface area contributed by atoms with Gasteiger partial charge in [-0.15, -0.1) is 22.9 Å². The average molecular weight is 255 g/mol. The van der Waals surface area contributed by atoms with E-state index in [4.69, 9.17) is 11.6 Å². The van der Waals surface area contributed by atoms with Gasteiger partial charge in [0.25, 0.3) is 12.3 Å². The van der Waals surface area contributed by atoms with Crippen LogP contribution in [0.5, 0.6) is 0 Å². The van der Waals surface area contributed by atoms with E-state index in [-0.39, 0.29) is 18.1 Å². The molecule has 3 nitrogen and oxygen atoms in total. The second kappa shape index (κ2) is 5.97. The van der Waals surface area contributed by atoms with Crippen molar-refractivity contribution >= 4 is 28.8 Å². The zero-order valence-electron chi connectivity index (χ0n) is 7.70. The summed E-state index contributed by atoms with van der Waals surface area (Å²) in [5.74, 6) is -0.375. The number of thiazole rings is 1. The van der Waals surface area contributed by atoms with Crippen LogP contribution in [0.4, 0.5) is 8.78 Å². The van der Waals surface area contributed by atoms with Crippen LogP contribution in [-0.4, -0.2) is 41.2 Å². The molecule has 15 heavy (non-hydrogen) atoms. The number of alkyl halides is 3. The molecule has 0 bridgehead atoms. The fourth-order valence-electron chi connectivity index (χ4n) is 1.02. The standard InChI is InChI=1S/C8H9ClF2N2OS/c9-1-2-13(3-7(10)11)8(14)6-4-15-5-12-6/h4-5,7H,1-3H2. The number of carbonyl (C=O) groups is 1. The Balaban J connectivity index is 2.67. The van der Waals surface area contributed by atoms with Crippen LogP contribution in [0.25, 0.3) is 0 Å². The molecule has 84 valence electrons. The third-order valence-corrected chi connectivity index (χ3v) is 2.41. The normalized spacial score (nSPS) is 10.7. The molecule has 0 aliphatic rings. The summed E-state index contributed by atoms with van der Waals surface area (Å²) < 4.78 is 24.3. The molecule has 0 atom stereocenters. The van der Waals surface area contributed by atoms with E-state index in [0.29, 0.717) is 0 Å². The van der Waals surface area contributed by atoms with Crippen LogP contribution in [0.3, 0.4) is 0 Å². The van der Waals surface area contributed by atoms with E-state index in [9.17, 15) is 13.6 Å². The molecule has 0 spiro atoms. The highest BCUT2D eigenvalue weighted by atomic mass is 35.5. The van der Waals surface area contributed by atoms with Gasteiger partial charge in [0.15, 0.2) is 0 Å². The van der Waals surface area contributed by atoms with E-state index in [1.807, 2.05) is 0 Å². The minimum atomic E-state index is -2.56. The van der Waals surface area contributed by atoms with Crippen LogP contribution in [-0.2, 0) is 0 Å². The molecule has 0 aromatic carbocycles. The second-order valence-corrected chi connectivity index (χ2v) is 3.80. The number of carbonyl (C=O) groups excluding carboxylic acids is 1. The Labute approximate surface area is 94.7 Å². The molecule has 1 amide bonds. The Kier molecular flexibility index (Phi) is 4.90. The lowest BCUT2D eigenvalue weighted by Crippen LogP contribution is -2.36. The fraction of sp³-hybridized carbons (Fsp3) is 0.500. The van der Waals surface area contributed by atoms with Gasteiger partial charge in [0.2, 0.25) is 0 Å². The molecule has 0 aliphatic heterocycles. The maximum atomic E-state index is 12.2. The van der Waals surface area contributed by atoms with Crippen molar-refractivity contribution < 1.29 is 13.6 Å². The predicted molar refractivity (Wildman–Crippen MR) is 54.7 cm³/mol. The van der Waals surface area contributed by atoms with Crippen molar-refractivity contribution in [1.29, 1.82) is 0 Å². The van der Waals surface area contributed by atoms with E-state index >= 15 is 0 Å². The van der Waals surface area contributed by atoms with Crippen molar-refractivity contribution in [3.05, 3.63) is 16.6 Å². The molecule has 7 heteroatoms. The molecule has 1 rings (SSSR count). The summed E-state index contributed by atoms with van der Waals surface area (Å²) in [6, 6.07) is 0. The van der Waals surface area contributed by atoms with Gasteiger partial charge in [-0.25, -0.2) is 13.8 Å². The van der Waals surface area contributed by atoms with Crippen molar-refractivity contribution in [2.75, 3.05) is 19.0 Å². The number of hydrogen-bond donors (Lipinski definition) is 0. The minimum absolute atomic E-state index is 0.0995. The van der Waals surface area contributed by atoms with Crippen molar-refractivity contribution in [3.8, 4) is 0 Å². The topological polar surface area (TPSA) is 33.2 Å². The highest BCUT2D eigenvalue weighted by molar-refractivity contribution is 7.07. The molecule has 1 heterocycles. The predicted octanol–water partition coefficient (Wildman–Crippen LogP) is 2.09. The Morgan fingerprint density at radius 3 is 2.87 bits per heavy atom. The number of rotatable bonds is 5. The van der Waals surface area contributed by atoms with Gasteiger partial charge in [-0.2, -0.15) is 0 Å². The zero-order valence-corrected chi connectivity index (χ0v) is 9.27. The summed E-state index contributed by atoms with van der Waals surface area (Å²) in [6.07, 6.45) is -2.56. The first kappa shape index (κ1) is 12.3. The monoisotopic (exact) mass is 254 g/mol. The first-order chi connectivity index (χ1) is 7.15. The molecule has 1 aromatic rings. The van der Waals surface area contributed by atoms with Gasteiger partial charge in [0.05, 0.1) is 12.1 Å². The Morgan fingerprint density at radius 1 is 1.67 bits per heavy atom. The number of hydrogen-bond acceptors (Lipinski definition) is 3. The van der Waals surface area contributed by atoms with Crippen LogP contribution in [0.15, 0.2) is 10.9 Å². The smallest absolute Gasteiger partial charge is 0.273 e. The van der Waals surface area contributed by atoms with Crippen molar-refractivity contribution in [3.63, 3.8) is 0 Å². The quantitative estimate of drug-likeness (QED) is 0.754. The molecule has 0 N–H and O–H groups in total. The highest BCUT2D eigenvalue weighted by Crippen LogP contribution is 2.08. The lowest BCUT2D eigenvalue weighted by atomic mass is 10.4. The fourth-order valence-corrected chi connectivity index (χ4v) is 1.75. The molecule has 0 unspecified atom stereocenters. The van der Waals surface area contributed by atoms with Gasteiger partial charge in [0.1, 0.15) is 5.69 Å². The van der Waals surface area contributed by atoms with Crippen LogP contribution >= 0.6 is 22.9 Å². The maximum absolute atomic E-state index is 12.2. The van der Waals surface area contributed by atoms with Crippen LogP contribution in [0.1, 0.15) is 10.5 Å². The summed E-state index contributed by atoms with van der Waals surface area (Å²) in [5, 5.41) is 1.52. The number of aromatic nitrogens is 1. The zero-order chi connectivity index (χ0) is 11.3. The first-order valence-corrected chi connectivity index (χ1v) is 5.64. The van der Waals surface area contributed by atoms with Crippen LogP contribution < -0.4 is 0 Å². The van der Waals surface area contributed by atoms with Crippen LogP contribution in [0.2, 0.25) is 0 Å². The molecule has 0 fully saturated rings. The van der Waals surface area contributed by atoms with Gasteiger partial charge in [-0.05, 0) is 0 Å². The molecule has 0 saturated heterocycles. The summed E-state index contributed by atoms with van der Waals surface area (Å²) in [4.78, 5) is 16.4. The van der Waals surface area contributed by atoms with Crippen LogP contribution in [0, 0.1) is 0 Å². The van der Waals surface area contributed by atoms with E-state index in [2.05, 4.69) is 4.98 Å². The van der Waals surface area contributed by atoms with Crippen molar-refractivity contribution in [1.82, 2.24) is 9.88 Å². The summed E-state index contributed by atoms with van der Waals surface area (Å²) in [7, 11) is 0. The number of amides is 1. The van der Waals surface area contributed by atoms with Crippen molar-refractivity contribution in [2.45, 2.75) is 6.43 Å². The van der Waals surface area contributed by atoms with Gasteiger partial charge < -0.3 is 4.90 Å². The lowest BCUT2D eigenvalue weighted by Gasteiger charge is -2.19. The van der Waals surface area contributed by atoms with Crippen molar-refractivity contribution in [2.24, 2.45) is 0 Å². The van der Waals surface area contributed by atoms with E-state index in [1.54, 1.807) is 0 Å². The summed E-state index contributed by atoms with van der Waals surface area (Å²) >= 11 is 6.67. The molecule has 0 radical (unpaired) electrons. The SMILES string of the molecule is O=C(c1cscn1)N(CCCl)CC(F)F. The summed E-state index contributed by atoms with van der Waals surface area (Å²) in [5.41, 5.74) is 1.67. The maximum Gasteiger partial charge on any atom is 0.273 e. The van der Waals surface area contributed by atoms with Gasteiger partial charge >= 0.3 is 0 Å². The lowest BCUT2D eigenvalue weighted by molar-refractivity contribution is 0.0567. The molecule has 1 aromatic heterocycles. The summed E-state index contributed by atoms with van der Waals surface area (Å²) in [6.45, 7) is -0.509. The number of halogens is 3. The average Bonchev–Trinajstić information content (AvgIpc) is 2.68. The molecular formula is C8H9ClF2N2OS. The minimum Gasteiger partial charge on any atom is -0.330 e. The first-order valence-electron chi connectivity index (χ1n) is 4.16. The second-order valence-electron chi connectivity index (χ2n) is 2.70. The van der Waals surface area contributed by atoms with Gasteiger partial charge in [-0.1, -0.05) is 0 Å². The highest BCUT2D eigenvalue weighted by Gasteiger charge is 2.20.